The molecule has 1 aliphatic carbocycles. The van der Waals surface area contributed by atoms with Crippen molar-refractivity contribution in [1.29, 1.82) is 0 Å². The molecule has 0 bridgehead atoms. The first-order chi connectivity index (χ1) is 13.0. The van der Waals surface area contributed by atoms with Gasteiger partial charge in [-0.1, -0.05) is 31.7 Å². The van der Waals surface area contributed by atoms with Gasteiger partial charge in [0.15, 0.2) is 0 Å². The van der Waals surface area contributed by atoms with E-state index < -0.39 is 23.5 Å². The highest BCUT2D eigenvalue weighted by atomic mass is 16.5. The van der Waals surface area contributed by atoms with Crippen LogP contribution in [0.1, 0.15) is 61.7 Å². The normalized spacial score (nSPS) is 21.9. The zero-order valence-electron chi connectivity index (χ0n) is 15.3. The third-order valence-electron chi connectivity index (χ3n) is 5.33. The number of benzene rings is 1. The summed E-state index contributed by atoms with van der Waals surface area (Å²) in [4.78, 5) is 36.8. The minimum Gasteiger partial charge on any atom is -0.480 e. The zero-order valence-corrected chi connectivity index (χ0v) is 15.3. The average Bonchev–Trinajstić information content (AvgIpc) is 3.09. The van der Waals surface area contributed by atoms with Crippen LogP contribution in [0.15, 0.2) is 24.3 Å². The maximum absolute atomic E-state index is 12.7. The number of hydrogen-bond acceptors (Lipinski definition) is 4. The Hall–Kier alpha value is -2.41. The Labute approximate surface area is 158 Å². The van der Waals surface area contributed by atoms with Crippen LogP contribution in [-0.2, 0) is 14.3 Å². The number of carboxylic acids is 1. The quantitative estimate of drug-likeness (QED) is 0.688. The van der Waals surface area contributed by atoms with Crippen molar-refractivity contribution in [2.75, 3.05) is 11.9 Å². The van der Waals surface area contributed by atoms with Gasteiger partial charge in [0, 0.05) is 17.9 Å². The van der Waals surface area contributed by atoms with E-state index in [4.69, 9.17) is 4.74 Å². The lowest BCUT2D eigenvalue weighted by atomic mass is 9.90. The van der Waals surface area contributed by atoms with Gasteiger partial charge >= 0.3 is 5.97 Å². The van der Waals surface area contributed by atoms with Crippen molar-refractivity contribution < 1.29 is 24.2 Å². The van der Waals surface area contributed by atoms with Gasteiger partial charge in [-0.05, 0) is 43.9 Å². The predicted molar refractivity (Wildman–Crippen MR) is 99.6 cm³/mol. The van der Waals surface area contributed by atoms with Crippen molar-refractivity contribution in [2.24, 2.45) is 0 Å². The molecule has 1 saturated carbocycles. The molecule has 2 aliphatic rings. The molecule has 3 N–H and O–H groups in total. The molecule has 0 spiro atoms. The average molecular weight is 374 g/mol. The van der Waals surface area contributed by atoms with Gasteiger partial charge in [0.25, 0.3) is 11.8 Å². The molecule has 7 heteroatoms. The van der Waals surface area contributed by atoms with Gasteiger partial charge in [-0.2, -0.15) is 0 Å². The molecule has 2 fully saturated rings. The Morgan fingerprint density at radius 3 is 2.44 bits per heavy atom. The second-order valence-corrected chi connectivity index (χ2v) is 7.33. The second kappa shape index (κ2) is 8.52. The first-order valence-corrected chi connectivity index (χ1v) is 9.59. The molecular formula is C20H26N2O5. The third-order valence-corrected chi connectivity index (χ3v) is 5.33. The van der Waals surface area contributed by atoms with E-state index in [0.29, 0.717) is 37.1 Å². The highest BCUT2D eigenvalue weighted by molar-refractivity contribution is 6.00. The molecule has 0 radical (unpaired) electrons. The number of nitrogens with one attached hydrogen (secondary N) is 2. The standard InChI is InChI=1S/C20H26N2O5/c23-17(22-20(19(25)26)10-3-1-2-4-11-20)14-7-5-8-15(13-14)21-18(24)16-9-6-12-27-16/h5,7-8,13,16H,1-4,6,9-12H2,(H,21,24)(H,22,23)(H,25,26). The number of anilines is 1. The van der Waals surface area contributed by atoms with E-state index in [1.165, 1.54) is 0 Å². The van der Waals surface area contributed by atoms with E-state index in [2.05, 4.69) is 10.6 Å². The summed E-state index contributed by atoms with van der Waals surface area (Å²) in [5.41, 5.74) is -0.400. The van der Waals surface area contributed by atoms with Crippen LogP contribution in [0.25, 0.3) is 0 Å². The van der Waals surface area contributed by atoms with Crippen molar-refractivity contribution in [1.82, 2.24) is 5.32 Å². The number of rotatable bonds is 5. The summed E-state index contributed by atoms with van der Waals surface area (Å²) in [5, 5.41) is 15.2. The summed E-state index contributed by atoms with van der Waals surface area (Å²) >= 11 is 0. The van der Waals surface area contributed by atoms with Crippen LogP contribution in [0.5, 0.6) is 0 Å². The molecule has 7 nitrogen and oxygen atoms in total. The Balaban J connectivity index is 1.70. The van der Waals surface area contributed by atoms with E-state index >= 15 is 0 Å². The number of carbonyl (C=O) groups excluding carboxylic acids is 2. The molecule has 1 aliphatic heterocycles. The van der Waals surface area contributed by atoms with E-state index in [1.807, 2.05) is 0 Å². The fourth-order valence-corrected chi connectivity index (χ4v) is 3.76. The third kappa shape index (κ3) is 4.66. The van der Waals surface area contributed by atoms with Crippen molar-refractivity contribution in [2.45, 2.75) is 63.0 Å². The van der Waals surface area contributed by atoms with E-state index in [1.54, 1.807) is 24.3 Å². The first-order valence-electron chi connectivity index (χ1n) is 9.59. The molecule has 0 aromatic heterocycles. The van der Waals surface area contributed by atoms with Crippen LogP contribution in [0.4, 0.5) is 5.69 Å². The van der Waals surface area contributed by atoms with Crippen LogP contribution in [0, 0.1) is 0 Å². The molecule has 1 aromatic carbocycles. The fraction of sp³-hybridized carbons (Fsp3) is 0.550. The Morgan fingerprint density at radius 2 is 1.81 bits per heavy atom. The van der Waals surface area contributed by atoms with Crippen molar-refractivity contribution in [3.05, 3.63) is 29.8 Å². The van der Waals surface area contributed by atoms with Crippen LogP contribution in [-0.4, -0.2) is 41.1 Å². The summed E-state index contributed by atoms with van der Waals surface area (Å²) in [5.74, 6) is -1.65. The van der Waals surface area contributed by atoms with Crippen LogP contribution < -0.4 is 10.6 Å². The SMILES string of the molecule is O=C(NC1(C(=O)O)CCCCCC1)c1cccc(NC(=O)C2CCCO2)c1. The molecular weight excluding hydrogens is 348 g/mol. The van der Waals surface area contributed by atoms with E-state index in [9.17, 15) is 19.5 Å². The van der Waals surface area contributed by atoms with Crippen LogP contribution >= 0.6 is 0 Å². The molecule has 146 valence electrons. The minimum atomic E-state index is -1.22. The number of carboxylic acid groups (broad SMARTS) is 1. The van der Waals surface area contributed by atoms with Crippen molar-refractivity contribution >= 4 is 23.5 Å². The largest absolute Gasteiger partial charge is 0.480 e. The van der Waals surface area contributed by atoms with E-state index in [0.717, 1.165) is 32.1 Å². The Bertz CT molecular complexity index is 704. The second-order valence-electron chi connectivity index (χ2n) is 7.33. The predicted octanol–water partition coefficient (Wildman–Crippen LogP) is 2.71. The molecule has 3 rings (SSSR count). The van der Waals surface area contributed by atoms with Crippen LogP contribution in [0.2, 0.25) is 0 Å². The molecule has 1 unspecified atom stereocenters. The monoisotopic (exact) mass is 374 g/mol. The van der Waals surface area contributed by atoms with Gasteiger partial charge in [-0.25, -0.2) is 4.79 Å². The van der Waals surface area contributed by atoms with Crippen LogP contribution in [0.3, 0.4) is 0 Å². The smallest absolute Gasteiger partial charge is 0.329 e. The number of ether oxygens (including phenoxy) is 1. The summed E-state index contributed by atoms with van der Waals surface area (Å²) in [6, 6.07) is 6.54. The summed E-state index contributed by atoms with van der Waals surface area (Å²) in [6.45, 7) is 0.581. The topological polar surface area (TPSA) is 105 Å². The van der Waals surface area contributed by atoms with Gasteiger partial charge in [-0.3, -0.25) is 9.59 Å². The number of carbonyl (C=O) groups is 3. The highest BCUT2D eigenvalue weighted by Crippen LogP contribution is 2.28. The minimum absolute atomic E-state index is 0.226. The molecule has 1 atom stereocenters. The summed E-state index contributed by atoms with van der Waals surface area (Å²) in [6.07, 6.45) is 5.49. The number of aliphatic carboxylic acids is 1. The first kappa shape index (κ1) is 19.4. The Kier molecular flexibility index (Phi) is 6.11. The van der Waals surface area contributed by atoms with E-state index in [-0.39, 0.29) is 5.91 Å². The molecule has 1 saturated heterocycles. The van der Waals surface area contributed by atoms with Gasteiger partial charge in [0.1, 0.15) is 11.6 Å². The fourth-order valence-electron chi connectivity index (χ4n) is 3.76. The summed E-state index contributed by atoms with van der Waals surface area (Å²) in [7, 11) is 0. The molecule has 2 amide bonds. The lowest BCUT2D eigenvalue weighted by molar-refractivity contribution is -0.145. The lowest BCUT2D eigenvalue weighted by Crippen LogP contribution is -2.54. The van der Waals surface area contributed by atoms with Gasteiger partial charge < -0.3 is 20.5 Å². The van der Waals surface area contributed by atoms with Gasteiger partial charge in [0.05, 0.1) is 0 Å². The maximum atomic E-state index is 12.7. The summed E-state index contributed by atoms with van der Waals surface area (Å²) < 4.78 is 5.36. The Morgan fingerprint density at radius 1 is 1.07 bits per heavy atom. The lowest BCUT2D eigenvalue weighted by Gasteiger charge is -2.29. The van der Waals surface area contributed by atoms with Crippen molar-refractivity contribution in [3.8, 4) is 0 Å². The zero-order chi connectivity index (χ0) is 19.3. The van der Waals surface area contributed by atoms with Gasteiger partial charge in [0.2, 0.25) is 0 Å². The number of amides is 2. The van der Waals surface area contributed by atoms with Crippen molar-refractivity contribution in [3.63, 3.8) is 0 Å². The molecule has 1 heterocycles. The van der Waals surface area contributed by atoms with Gasteiger partial charge in [-0.15, -0.1) is 0 Å². The molecule has 27 heavy (non-hydrogen) atoms. The number of hydrogen-bond donors (Lipinski definition) is 3. The maximum Gasteiger partial charge on any atom is 0.329 e. The molecule has 1 aromatic rings. The highest BCUT2D eigenvalue weighted by Gasteiger charge is 2.40.